The predicted molar refractivity (Wildman–Crippen MR) is 116 cm³/mol. The van der Waals surface area contributed by atoms with Gasteiger partial charge < -0.3 is 9.47 Å². The van der Waals surface area contributed by atoms with Crippen LogP contribution in [-0.4, -0.2) is 43.1 Å². The molecule has 28 heavy (non-hydrogen) atoms. The average molecular weight is 468 g/mol. The lowest BCUT2D eigenvalue weighted by Crippen LogP contribution is -2.38. The van der Waals surface area contributed by atoms with Crippen LogP contribution in [0.2, 0.25) is 0 Å². The Labute approximate surface area is 178 Å². The molecule has 1 fully saturated rings. The van der Waals surface area contributed by atoms with Gasteiger partial charge in [0.05, 0.1) is 19.9 Å². The molecule has 2 unspecified atom stereocenters. The van der Waals surface area contributed by atoms with E-state index in [0.29, 0.717) is 38.5 Å². The zero-order valence-electron chi connectivity index (χ0n) is 16.6. The van der Waals surface area contributed by atoms with Crippen LogP contribution in [0.3, 0.4) is 0 Å². The Hall–Kier alpha value is -1.64. The number of nitrogens with zero attached hydrogens (tertiary/aromatic N) is 2. The van der Waals surface area contributed by atoms with Crippen molar-refractivity contribution in [1.29, 1.82) is 0 Å². The van der Waals surface area contributed by atoms with Crippen molar-refractivity contribution in [3.8, 4) is 11.5 Å². The van der Waals surface area contributed by atoms with Crippen LogP contribution >= 0.6 is 27.3 Å². The van der Waals surface area contributed by atoms with Crippen LogP contribution < -0.4 is 14.8 Å². The average Bonchev–Trinajstić information content (AvgIpc) is 3.07. The van der Waals surface area contributed by atoms with Crippen molar-refractivity contribution in [3.63, 3.8) is 0 Å². The number of halogens is 1. The third-order valence-electron chi connectivity index (χ3n) is 4.81. The van der Waals surface area contributed by atoms with Gasteiger partial charge in [0.2, 0.25) is 0 Å². The second-order valence-electron chi connectivity index (χ2n) is 7.43. The minimum atomic E-state index is -0.245. The molecule has 1 saturated heterocycles. The monoisotopic (exact) mass is 467 g/mol. The van der Waals surface area contributed by atoms with E-state index in [-0.39, 0.29) is 5.91 Å². The van der Waals surface area contributed by atoms with Gasteiger partial charge in [0.25, 0.3) is 5.91 Å². The normalized spacial score (nSPS) is 20.0. The number of hydrogen-bond donors (Lipinski definition) is 1. The van der Waals surface area contributed by atoms with E-state index in [4.69, 9.17) is 9.47 Å². The second-order valence-corrected chi connectivity index (χ2v) is 9.08. The lowest BCUT2D eigenvalue weighted by molar-refractivity contribution is 0.102. The van der Waals surface area contributed by atoms with E-state index in [1.807, 2.05) is 5.38 Å². The van der Waals surface area contributed by atoms with Gasteiger partial charge in [-0.1, -0.05) is 13.8 Å². The van der Waals surface area contributed by atoms with Gasteiger partial charge in [-0.15, -0.1) is 11.3 Å². The zero-order chi connectivity index (χ0) is 20.3. The fraction of sp³-hybridized carbons (Fsp3) is 0.500. The molecule has 2 aromatic rings. The largest absolute Gasteiger partial charge is 0.495 e. The molecule has 1 aliphatic rings. The van der Waals surface area contributed by atoms with Gasteiger partial charge >= 0.3 is 0 Å². The number of carbonyl (C=O) groups excluding carboxylic acids is 1. The maximum Gasteiger partial charge on any atom is 0.257 e. The fourth-order valence-corrected chi connectivity index (χ4v) is 5.01. The van der Waals surface area contributed by atoms with Crippen molar-refractivity contribution in [2.45, 2.75) is 26.8 Å². The first-order valence-corrected chi connectivity index (χ1v) is 11.0. The summed E-state index contributed by atoms with van der Waals surface area (Å²) in [5.41, 5.74) is 1.44. The number of benzene rings is 1. The molecule has 6 nitrogen and oxygen atoms in total. The quantitative estimate of drug-likeness (QED) is 0.669. The number of carbonyl (C=O) groups is 1. The first kappa shape index (κ1) is 21.1. The summed E-state index contributed by atoms with van der Waals surface area (Å²) >= 11 is 4.86. The van der Waals surface area contributed by atoms with E-state index in [9.17, 15) is 4.79 Å². The third kappa shape index (κ3) is 5.04. The SMILES string of the molecule is COc1cc(C(=O)Nc2nc(CN3CC(C)CC(C)C3)cs2)cc(OC)c1Br. The molecule has 2 atom stereocenters. The lowest BCUT2D eigenvalue weighted by atomic mass is 9.92. The summed E-state index contributed by atoms with van der Waals surface area (Å²) in [5.74, 6) is 2.26. The van der Waals surface area contributed by atoms with Gasteiger partial charge in [-0.05, 0) is 46.3 Å². The molecule has 152 valence electrons. The molecule has 1 aromatic heterocycles. The standard InChI is InChI=1S/C20H26BrN3O3S/c1-12-5-13(2)9-24(8-12)10-15-11-28-20(22-15)23-19(25)14-6-16(26-3)18(21)17(7-14)27-4/h6-7,11-13H,5,8-10H2,1-4H3,(H,22,23,25). The number of piperidine rings is 1. The number of nitrogens with one attached hydrogen (secondary N) is 1. The highest BCUT2D eigenvalue weighted by Crippen LogP contribution is 2.36. The van der Waals surface area contributed by atoms with Crippen LogP contribution in [0.5, 0.6) is 11.5 Å². The topological polar surface area (TPSA) is 63.7 Å². The molecule has 0 radical (unpaired) electrons. The molecule has 1 N–H and O–H groups in total. The van der Waals surface area contributed by atoms with E-state index in [1.54, 1.807) is 26.4 Å². The third-order valence-corrected chi connectivity index (χ3v) is 6.40. The van der Waals surface area contributed by atoms with Gasteiger partial charge in [0.1, 0.15) is 16.0 Å². The van der Waals surface area contributed by atoms with Gasteiger partial charge in [0.15, 0.2) is 5.13 Å². The molecular formula is C20H26BrN3O3S. The van der Waals surface area contributed by atoms with Crippen molar-refractivity contribution in [3.05, 3.63) is 33.2 Å². The molecule has 1 aliphatic heterocycles. The number of methoxy groups -OCH3 is 2. The number of hydrogen-bond acceptors (Lipinski definition) is 6. The summed E-state index contributed by atoms with van der Waals surface area (Å²) in [5, 5.41) is 5.49. The number of amides is 1. The van der Waals surface area contributed by atoms with E-state index in [1.165, 1.54) is 17.8 Å². The molecular weight excluding hydrogens is 442 g/mol. The number of rotatable bonds is 6. The predicted octanol–water partition coefficient (Wildman–Crippen LogP) is 4.65. The molecule has 3 rings (SSSR count). The van der Waals surface area contributed by atoms with Crippen LogP contribution in [0, 0.1) is 11.8 Å². The van der Waals surface area contributed by atoms with E-state index < -0.39 is 0 Å². The Bertz CT molecular complexity index is 807. The van der Waals surface area contributed by atoms with Gasteiger partial charge in [0, 0.05) is 30.6 Å². The highest BCUT2D eigenvalue weighted by Gasteiger charge is 2.22. The maximum absolute atomic E-state index is 12.7. The van der Waals surface area contributed by atoms with Gasteiger partial charge in [-0.3, -0.25) is 15.0 Å². The maximum atomic E-state index is 12.7. The first-order valence-electron chi connectivity index (χ1n) is 9.29. The van der Waals surface area contributed by atoms with Crippen LogP contribution in [-0.2, 0) is 6.54 Å². The summed E-state index contributed by atoms with van der Waals surface area (Å²) in [6, 6.07) is 3.35. The molecule has 2 heterocycles. The number of aromatic nitrogens is 1. The van der Waals surface area contributed by atoms with E-state index in [0.717, 1.165) is 25.3 Å². The summed E-state index contributed by atoms with van der Waals surface area (Å²) < 4.78 is 11.3. The number of thiazole rings is 1. The summed E-state index contributed by atoms with van der Waals surface area (Å²) in [4.78, 5) is 19.7. The van der Waals surface area contributed by atoms with Crippen molar-refractivity contribution < 1.29 is 14.3 Å². The van der Waals surface area contributed by atoms with Crippen molar-refractivity contribution in [2.24, 2.45) is 11.8 Å². The number of anilines is 1. The van der Waals surface area contributed by atoms with E-state index >= 15 is 0 Å². The minimum absolute atomic E-state index is 0.245. The minimum Gasteiger partial charge on any atom is -0.495 e. The Balaban J connectivity index is 1.67. The van der Waals surface area contributed by atoms with Gasteiger partial charge in [-0.2, -0.15) is 0 Å². The Morgan fingerprint density at radius 3 is 2.43 bits per heavy atom. The zero-order valence-corrected chi connectivity index (χ0v) is 19.0. The number of likely N-dealkylation sites (tertiary alicyclic amines) is 1. The van der Waals surface area contributed by atoms with Crippen LogP contribution in [0.25, 0.3) is 0 Å². The highest BCUT2D eigenvalue weighted by atomic mass is 79.9. The van der Waals surface area contributed by atoms with Crippen molar-refractivity contribution in [1.82, 2.24) is 9.88 Å². The molecule has 1 amide bonds. The molecule has 0 saturated carbocycles. The van der Waals surface area contributed by atoms with Gasteiger partial charge in [-0.25, -0.2) is 4.98 Å². The van der Waals surface area contributed by atoms with Crippen LogP contribution in [0.1, 0.15) is 36.3 Å². The lowest BCUT2D eigenvalue weighted by Gasteiger charge is -2.34. The summed E-state index contributed by atoms with van der Waals surface area (Å²) in [7, 11) is 3.10. The Morgan fingerprint density at radius 1 is 1.25 bits per heavy atom. The molecule has 1 aromatic carbocycles. The van der Waals surface area contributed by atoms with Crippen LogP contribution in [0.15, 0.2) is 22.0 Å². The second kappa shape index (κ2) is 9.24. The summed E-state index contributed by atoms with van der Waals surface area (Å²) in [6.45, 7) is 7.62. The molecule has 0 aliphatic carbocycles. The molecule has 8 heteroatoms. The molecule has 0 bridgehead atoms. The van der Waals surface area contributed by atoms with Crippen molar-refractivity contribution >= 4 is 38.3 Å². The highest BCUT2D eigenvalue weighted by molar-refractivity contribution is 9.10. The fourth-order valence-electron chi connectivity index (χ4n) is 3.76. The molecule has 0 spiro atoms. The first-order chi connectivity index (χ1) is 13.4. The van der Waals surface area contributed by atoms with E-state index in [2.05, 4.69) is 45.0 Å². The van der Waals surface area contributed by atoms with Crippen molar-refractivity contribution in [2.75, 3.05) is 32.6 Å². The smallest absolute Gasteiger partial charge is 0.257 e. The Morgan fingerprint density at radius 2 is 1.86 bits per heavy atom. The number of ether oxygens (including phenoxy) is 2. The van der Waals surface area contributed by atoms with Crippen LogP contribution in [0.4, 0.5) is 5.13 Å². The summed E-state index contributed by atoms with van der Waals surface area (Å²) in [6.07, 6.45) is 1.29. The Kier molecular flexibility index (Phi) is 6.95.